The van der Waals surface area contributed by atoms with Gasteiger partial charge in [0, 0.05) is 12.5 Å². The molecule has 1 atom stereocenters. The summed E-state index contributed by atoms with van der Waals surface area (Å²) >= 11 is 0. The normalized spacial score (nSPS) is 13.0. The van der Waals surface area contributed by atoms with E-state index in [4.69, 9.17) is 4.43 Å². The summed E-state index contributed by atoms with van der Waals surface area (Å²) < 4.78 is 11.1. The molecule has 144 valence electrons. The maximum Gasteiger partial charge on any atom is 0.305 e. The standard InChI is InChI=1S/C20H42O3Si/c1-6-7-8-9-10-13-16-19(23-24(3,4)5)17-14-11-12-15-18-20(21)22-2/h19H,6-18H2,1-5H3. The van der Waals surface area contributed by atoms with E-state index in [0.717, 1.165) is 12.8 Å². The number of esters is 1. The Balaban J connectivity index is 3.85. The average Bonchev–Trinajstić information content (AvgIpc) is 2.51. The molecule has 0 aromatic rings. The summed E-state index contributed by atoms with van der Waals surface area (Å²) in [5.74, 6) is -0.0852. The van der Waals surface area contributed by atoms with Crippen molar-refractivity contribution in [3.8, 4) is 0 Å². The Morgan fingerprint density at radius 1 is 0.833 bits per heavy atom. The summed E-state index contributed by atoms with van der Waals surface area (Å²) in [5, 5.41) is 0. The molecule has 1 unspecified atom stereocenters. The molecular weight excluding hydrogens is 316 g/mol. The van der Waals surface area contributed by atoms with E-state index in [1.54, 1.807) is 0 Å². The lowest BCUT2D eigenvalue weighted by molar-refractivity contribution is -0.140. The average molecular weight is 359 g/mol. The predicted molar refractivity (Wildman–Crippen MR) is 106 cm³/mol. The Morgan fingerprint density at radius 3 is 1.83 bits per heavy atom. The highest BCUT2D eigenvalue weighted by Crippen LogP contribution is 2.20. The van der Waals surface area contributed by atoms with Crippen molar-refractivity contribution < 1.29 is 14.0 Å². The lowest BCUT2D eigenvalue weighted by Gasteiger charge is -2.26. The first-order chi connectivity index (χ1) is 11.4. The van der Waals surface area contributed by atoms with Crippen LogP contribution in [0.4, 0.5) is 0 Å². The van der Waals surface area contributed by atoms with Crippen molar-refractivity contribution >= 4 is 14.3 Å². The van der Waals surface area contributed by atoms with Crippen LogP contribution < -0.4 is 0 Å². The van der Waals surface area contributed by atoms with Crippen molar-refractivity contribution in [1.29, 1.82) is 0 Å². The van der Waals surface area contributed by atoms with Crippen LogP contribution in [-0.2, 0) is 14.0 Å². The fourth-order valence-corrected chi connectivity index (χ4v) is 4.25. The molecule has 0 aromatic carbocycles. The van der Waals surface area contributed by atoms with Gasteiger partial charge in [-0.3, -0.25) is 4.79 Å². The molecule has 3 nitrogen and oxygen atoms in total. The van der Waals surface area contributed by atoms with E-state index < -0.39 is 8.32 Å². The summed E-state index contributed by atoms with van der Waals surface area (Å²) in [6.45, 7) is 9.13. The smallest absolute Gasteiger partial charge is 0.305 e. The van der Waals surface area contributed by atoms with Crippen LogP contribution in [0.15, 0.2) is 0 Å². The van der Waals surface area contributed by atoms with E-state index in [9.17, 15) is 4.79 Å². The van der Waals surface area contributed by atoms with Gasteiger partial charge in [0.05, 0.1) is 7.11 Å². The van der Waals surface area contributed by atoms with Crippen molar-refractivity contribution in [1.82, 2.24) is 0 Å². The van der Waals surface area contributed by atoms with Gasteiger partial charge >= 0.3 is 5.97 Å². The number of hydrogen-bond donors (Lipinski definition) is 0. The van der Waals surface area contributed by atoms with E-state index in [0.29, 0.717) is 12.5 Å². The van der Waals surface area contributed by atoms with Gasteiger partial charge in [0.15, 0.2) is 8.32 Å². The lowest BCUT2D eigenvalue weighted by atomic mass is 10.0. The summed E-state index contributed by atoms with van der Waals surface area (Å²) in [4.78, 5) is 11.1. The van der Waals surface area contributed by atoms with E-state index in [2.05, 4.69) is 31.3 Å². The van der Waals surface area contributed by atoms with Gasteiger partial charge in [-0.1, -0.05) is 64.7 Å². The number of carbonyl (C=O) groups is 1. The van der Waals surface area contributed by atoms with Gasteiger partial charge in [-0.15, -0.1) is 0 Å². The first kappa shape index (κ1) is 23.6. The highest BCUT2D eigenvalue weighted by atomic mass is 28.4. The van der Waals surface area contributed by atoms with Crippen LogP contribution in [0.25, 0.3) is 0 Å². The van der Waals surface area contributed by atoms with Gasteiger partial charge < -0.3 is 9.16 Å². The van der Waals surface area contributed by atoms with Crippen LogP contribution >= 0.6 is 0 Å². The first-order valence-electron chi connectivity index (χ1n) is 10.1. The summed E-state index contributed by atoms with van der Waals surface area (Å²) in [5.41, 5.74) is 0. The maximum absolute atomic E-state index is 11.1. The molecule has 0 spiro atoms. The van der Waals surface area contributed by atoms with E-state index in [1.807, 2.05) is 0 Å². The molecule has 0 N–H and O–H groups in total. The molecule has 0 radical (unpaired) electrons. The minimum atomic E-state index is -1.46. The number of ether oxygens (including phenoxy) is 1. The van der Waals surface area contributed by atoms with Crippen LogP contribution in [0.2, 0.25) is 19.6 Å². The molecule has 0 saturated carbocycles. The van der Waals surface area contributed by atoms with Crippen molar-refractivity contribution in [2.24, 2.45) is 0 Å². The Labute approximate surface area is 152 Å². The molecule has 0 saturated heterocycles. The molecule has 0 rings (SSSR count). The fourth-order valence-electron chi connectivity index (χ4n) is 3.01. The zero-order valence-electron chi connectivity index (χ0n) is 17.0. The number of hydrogen-bond acceptors (Lipinski definition) is 3. The van der Waals surface area contributed by atoms with Crippen LogP contribution in [-0.4, -0.2) is 27.5 Å². The van der Waals surface area contributed by atoms with Gasteiger partial charge in [-0.05, 0) is 38.9 Å². The van der Waals surface area contributed by atoms with Gasteiger partial charge in [-0.2, -0.15) is 0 Å². The maximum atomic E-state index is 11.1. The van der Waals surface area contributed by atoms with Gasteiger partial charge in [-0.25, -0.2) is 0 Å². The van der Waals surface area contributed by atoms with Gasteiger partial charge in [0.25, 0.3) is 0 Å². The first-order valence-corrected chi connectivity index (χ1v) is 13.5. The third kappa shape index (κ3) is 16.5. The fraction of sp³-hybridized carbons (Fsp3) is 0.950. The van der Waals surface area contributed by atoms with Crippen molar-refractivity contribution in [3.05, 3.63) is 0 Å². The van der Waals surface area contributed by atoms with Crippen molar-refractivity contribution in [2.45, 2.75) is 116 Å². The quantitative estimate of drug-likeness (QED) is 0.180. The Hall–Kier alpha value is -0.353. The second-order valence-electron chi connectivity index (χ2n) is 7.94. The monoisotopic (exact) mass is 358 g/mol. The largest absolute Gasteiger partial charge is 0.469 e. The lowest BCUT2D eigenvalue weighted by Crippen LogP contribution is -2.32. The third-order valence-corrected chi connectivity index (χ3v) is 5.32. The molecule has 0 amide bonds. The SMILES string of the molecule is CCCCCCCCC(CCCCCCC(=O)OC)O[Si](C)(C)C. The van der Waals surface area contributed by atoms with Gasteiger partial charge in [0.2, 0.25) is 0 Å². The molecule has 24 heavy (non-hydrogen) atoms. The highest BCUT2D eigenvalue weighted by Gasteiger charge is 2.20. The van der Waals surface area contributed by atoms with Crippen LogP contribution in [0, 0.1) is 0 Å². The van der Waals surface area contributed by atoms with Gasteiger partial charge in [0.1, 0.15) is 0 Å². The minimum Gasteiger partial charge on any atom is -0.469 e. The van der Waals surface area contributed by atoms with E-state index in [1.165, 1.54) is 71.3 Å². The molecule has 0 aliphatic carbocycles. The molecule has 0 aromatic heterocycles. The number of carbonyl (C=O) groups excluding carboxylic acids is 1. The molecule has 0 aliphatic heterocycles. The summed E-state index contributed by atoms with van der Waals surface area (Å²) in [7, 11) is 0.00335. The highest BCUT2D eigenvalue weighted by molar-refractivity contribution is 6.69. The van der Waals surface area contributed by atoms with Crippen molar-refractivity contribution in [3.63, 3.8) is 0 Å². The summed E-state index contributed by atoms with van der Waals surface area (Å²) in [6.07, 6.45) is 16.0. The third-order valence-electron chi connectivity index (χ3n) is 4.28. The predicted octanol–water partition coefficient (Wildman–Crippen LogP) is 6.47. The molecule has 4 heteroatoms. The Bertz CT molecular complexity index is 300. The molecule has 0 bridgehead atoms. The zero-order chi connectivity index (χ0) is 18.3. The Kier molecular flexibility index (Phi) is 14.7. The van der Waals surface area contributed by atoms with E-state index in [-0.39, 0.29) is 5.97 Å². The van der Waals surface area contributed by atoms with Crippen molar-refractivity contribution in [2.75, 3.05) is 7.11 Å². The Morgan fingerprint density at radius 2 is 1.33 bits per heavy atom. The zero-order valence-corrected chi connectivity index (χ0v) is 18.0. The van der Waals surface area contributed by atoms with Crippen LogP contribution in [0.1, 0.15) is 90.4 Å². The second-order valence-corrected chi connectivity index (χ2v) is 12.4. The van der Waals surface area contributed by atoms with Crippen LogP contribution in [0.5, 0.6) is 0 Å². The second kappa shape index (κ2) is 14.9. The van der Waals surface area contributed by atoms with Crippen LogP contribution in [0.3, 0.4) is 0 Å². The number of rotatable bonds is 16. The topological polar surface area (TPSA) is 35.5 Å². The molecule has 0 aliphatic rings. The minimum absolute atomic E-state index is 0.0852. The molecule has 0 heterocycles. The molecular formula is C20H42O3Si. The summed E-state index contributed by atoms with van der Waals surface area (Å²) in [6, 6.07) is 0. The van der Waals surface area contributed by atoms with E-state index >= 15 is 0 Å². The molecule has 0 fully saturated rings. The number of unbranched alkanes of at least 4 members (excludes halogenated alkanes) is 8. The number of methoxy groups -OCH3 is 1.